The normalized spacial score (nSPS) is 14.0. The fourth-order valence-corrected chi connectivity index (χ4v) is 0.550. The zero-order valence-corrected chi connectivity index (χ0v) is 7.09. The molecule has 0 aliphatic heterocycles. The van der Waals surface area contributed by atoms with Crippen LogP contribution in [0.4, 0.5) is 35.1 Å². The third-order valence-electron chi connectivity index (χ3n) is 1.36. The van der Waals surface area contributed by atoms with Crippen molar-refractivity contribution in [2.24, 2.45) is 0 Å². The highest BCUT2D eigenvalue weighted by molar-refractivity contribution is 4.77. The lowest BCUT2D eigenvalue weighted by Crippen LogP contribution is -2.45. The van der Waals surface area contributed by atoms with Crippen LogP contribution >= 0.6 is 0 Å². The van der Waals surface area contributed by atoms with Crippen LogP contribution in [0.25, 0.3) is 0 Å². The van der Waals surface area contributed by atoms with Crippen molar-refractivity contribution in [2.75, 3.05) is 13.1 Å². The van der Waals surface area contributed by atoms with E-state index in [2.05, 4.69) is 0 Å². The predicted molar refractivity (Wildman–Crippen MR) is 34.8 cm³/mol. The predicted octanol–water partition coefficient (Wildman–Crippen LogP) is 2.38. The van der Waals surface area contributed by atoms with Gasteiger partial charge in [0.2, 0.25) is 0 Å². The first kappa shape index (κ1) is 14.4. The van der Waals surface area contributed by atoms with E-state index >= 15 is 0 Å². The summed E-state index contributed by atoms with van der Waals surface area (Å²) in [5.74, 6) is -9.03. The molecule has 0 aliphatic carbocycles. The van der Waals surface area contributed by atoms with Crippen LogP contribution < -0.4 is 5.32 Å². The van der Waals surface area contributed by atoms with Gasteiger partial charge in [0.25, 0.3) is 0 Å². The summed E-state index contributed by atoms with van der Waals surface area (Å²) in [6.45, 7) is -3.57. The van der Waals surface area contributed by atoms with Gasteiger partial charge in [-0.15, -0.1) is 0 Å². The molecule has 0 aromatic rings. The van der Waals surface area contributed by atoms with Crippen LogP contribution in [0.1, 0.15) is 0 Å². The van der Waals surface area contributed by atoms with E-state index in [1.807, 2.05) is 0 Å². The van der Waals surface area contributed by atoms with Crippen LogP contribution in [0, 0.1) is 0 Å². The Morgan fingerprint density at radius 2 is 1.00 bits per heavy atom. The highest BCUT2D eigenvalue weighted by Gasteiger charge is 2.44. The molecular formula is C6H7F8N. The lowest BCUT2D eigenvalue weighted by Gasteiger charge is -2.19. The van der Waals surface area contributed by atoms with Gasteiger partial charge < -0.3 is 5.32 Å². The van der Waals surface area contributed by atoms with Gasteiger partial charge in [-0.3, -0.25) is 0 Å². The van der Waals surface area contributed by atoms with Crippen molar-refractivity contribution in [2.45, 2.75) is 24.7 Å². The van der Waals surface area contributed by atoms with Crippen LogP contribution in [0.3, 0.4) is 0 Å². The number of rotatable bonds is 6. The summed E-state index contributed by atoms with van der Waals surface area (Å²) in [4.78, 5) is 0. The van der Waals surface area contributed by atoms with Crippen molar-refractivity contribution in [1.82, 2.24) is 5.32 Å². The summed E-state index contributed by atoms with van der Waals surface area (Å²) in [6, 6.07) is 0. The van der Waals surface area contributed by atoms with Crippen LogP contribution in [0.5, 0.6) is 0 Å². The molecule has 0 amide bonds. The monoisotopic (exact) mass is 245 g/mol. The van der Waals surface area contributed by atoms with Gasteiger partial charge in [-0.2, -0.15) is 17.6 Å². The minimum Gasteiger partial charge on any atom is -0.305 e. The molecule has 0 spiro atoms. The second-order valence-electron chi connectivity index (χ2n) is 2.73. The van der Waals surface area contributed by atoms with Gasteiger partial charge in [-0.05, 0) is 0 Å². The Kier molecular flexibility index (Phi) is 4.75. The number of nitrogens with one attached hydrogen (secondary N) is 1. The molecule has 1 N–H and O–H groups in total. The Hall–Kier alpha value is -0.600. The summed E-state index contributed by atoms with van der Waals surface area (Å²) in [5, 5.41) is 1.17. The Morgan fingerprint density at radius 1 is 0.733 bits per heavy atom. The van der Waals surface area contributed by atoms with Crippen molar-refractivity contribution >= 4 is 0 Å². The molecule has 9 heteroatoms. The first-order valence-electron chi connectivity index (χ1n) is 3.62. The minimum absolute atomic E-state index is 1.17. The molecule has 92 valence electrons. The Labute approximate surface area is 79.4 Å². The van der Waals surface area contributed by atoms with Gasteiger partial charge in [0.1, 0.15) is 0 Å². The molecule has 0 unspecified atom stereocenters. The Bertz CT molecular complexity index is 172. The molecule has 0 atom stereocenters. The molecule has 0 fully saturated rings. The molecule has 0 saturated carbocycles. The van der Waals surface area contributed by atoms with Gasteiger partial charge in [0, 0.05) is 0 Å². The van der Waals surface area contributed by atoms with Crippen LogP contribution in [0.2, 0.25) is 0 Å². The van der Waals surface area contributed by atoms with Crippen molar-refractivity contribution < 1.29 is 35.1 Å². The third kappa shape index (κ3) is 4.63. The number of hydrogen-bond acceptors (Lipinski definition) is 1. The lowest BCUT2D eigenvalue weighted by molar-refractivity contribution is -0.142. The summed E-state index contributed by atoms with van der Waals surface area (Å²) in [6.07, 6.45) is -8.07. The molecule has 0 radical (unpaired) electrons. The smallest absolute Gasteiger partial charge is 0.305 e. The maximum absolute atomic E-state index is 12.1. The zero-order chi connectivity index (χ0) is 12.3. The molecule has 0 saturated heterocycles. The molecule has 0 aromatic heterocycles. The van der Waals surface area contributed by atoms with Gasteiger partial charge >= 0.3 is 24.7 Å². The first-order valence-corrected chi connectivity index (χ1v) is 3.62. The van der Waals surface area contributed by atoms with E-state index in [9.17, 15) is 35.1 Å². The van der Waals surface area contributed by atoms with E-state index in [1.54, 1.807) is 0 Å². The van der Waals surface area contributed by atoms with Crippen LogP contribution in [0.15, 0.2) is 0 Å². The lowest BCUT2D eigenvalue weighted by atomic mass is 10.3. The fraction of sp³-hybridized carbons (Fsp3) is 1.00. The standard InChI is InChI=1S/C6H7F8N/c7-3(8)5(11,12)1-15-2-6(13,14)4(9)10/h3-4,15H,1-2H2. The zero-order valence-electron chi connectivity index (χ0n) is 7.09. The van der Waals surface area contributed by atoms with Gasteiger partial charge in [0.05, 0.1) is 13.1 Å². The Morgan fingerprint density at radius 3 is 1.20 bits per heavy atom. The molecule has 0 bridgehead atoms. The molecular weight excluding hydrogens is 238 g/mol. The largest absolute Gasteiger partial charge is 0.319 e. The van der Waals surface area contributed by atoms with Crippen LogP contribution in [-0.2, 0) is 0 Å². The van der Waals surface area contributed by atoms with Crippen LogP contribution in [-0.4, -0.2) is 37.8 Å². The van der Waals surface area contributed by atoms with Gasteiger partial charge in [-0.1, -0.05) is 0 Å². The highest BCUT2D eigenvalue weighted by Crippen LogP contribution is 2.24. The quantitative estimate of drug-likeness (QED) is 0.708. The minimum atomic E-state index is -4.52. The fourth-order valence-electron chi connectivity index (χ4n) is 0.550. The second kappa shape index (κ2) is 4.95. The summed E-state index contributed by atoms with van der Waals surface area (Å²) >= 11 is 0. The van der Waals surface area contributed by atoms with E-state index in [4.69, 9.17) is 0 Å². The molecule has 0 rings (SSSR count). The van der Waals surface area contributed by atoms with E-state index in [0.717, 1.165) is 0 Å². The molecule has 0 heterocycles. The SMILES string of the molecule is FC(F)C(F)(F)CNCC(F)(F)C(F)F. The summed E-state index contributed by atoms with van der Waals surface area (Å²) in [7, 11) is 0. The number of hydrogen-bond donors (Lipinski definition) is 1. The maximum atomic E-state index is 12.1. The Balaban J connectivity index is 4.00. The number of halogens is 8. The molecule has 15 heavy (non-hydrogen) atoms. The second-order valence-corrected chi connectivity index (χ2v) is 2.73. The van der Waals surface area contributed by atoms with E-state index in [0.29, 0.717) is 0 Å². The number of alkyl halides is 8. The van der Waals surface area contributed by atoms with E-state index in [1.165, 1.54) is 5.32 Å². The average molecular weight is 245 g/mol. The topological polar surface area (TPSA) is 12.0 Å². The molecule has 0 aromatic carbocycles. The van der Waals surface area contributed by atoms with Gasteiger partial charge in [-0.25, -0.2) is 17.6 Å². The van der Waals surface area contributed by atoms with Gasteiger partial charge in [0.15, 0.2) is 0 Å². The first-order chi connectivity index (χ1) is 6.59. The van der Waals surface area contributed by atoms with Crippen molar-refractivity contribution in [3.63, 3.8) is 0 Å². The third-order valence-corrected chi connectivity index (χ3v) is 1.36. The molecule has 1 nitrogen and oxygen atoms in total. The summed E-state index contributed by atoms with van der Waals surface area (Å²) in [5.41, 5.74) is 0. The van der Waals surface area contributed by atoms with Crippen molar-refractivity contribution in [1.29, 1.82) is 0 Å². The molecule has 0 aliphatic rings. The summed E-state index contributed by atoms with van der Waals surface area (Å²) < 4.78 is 94.2. The average Bonchev–Trinajstić information content (AvgIpc) is 2.02. The maximum Gasteiger partial charge on any atom is 0.319 e. The van der Waals surface area contributed by atoms with Crippen molar-refractivity contribution in [3.05, 3.63) is 0 Å². The van der Waals surface area contributed by atoms with Crippen molar-refractivity contribution in [3.8, 4) is 0 Å². The highest BCUT2D eigenvalue weighted by atomic mass is 19.3. The van der Waals surface area contributed by atoms with E-state index < -0.39 is 37.8 Å². The van der Waals surface area contributed by atoms with E-state index in [-0.39, 0.29) is 0 Å².